The fourth-order valence-electron chi connectivity index (χ4n) is 3.63. The van der Waals surface area contributed by atoms with E-state index < -0.39 is 0 Å². The number of aromatic nitrogens is 4. The lowest BCUT2D eigenvalue weighted by molar-refractivity contribution is 0.306. The Hall–Kier alpha value is -4.64. The first kappa shape index (κ1) is 19.3. The standard InChI is InChI=1S/C24H19N7O/c1-27-22-5-3-17-2-4-19(11-21(17)30-22)32-13-16-8-15(12-25)9-18(10-16)31-7-6-20-23(26)28-14-29-24(20)31/h2-11,14H,13H2,1H3,(H,27,30)(H2,26,28,29). The first-order valence-corrected chi connectivity index (χ1v) is 9.98. The van der Waals surface area contributed by atoms with Crippen LogP contribution in [0.4, 0.5) is 11.6 Å². The summed E-state index contributed by atoms with van der Waals surface area (Å²) < 4.78 is 7.91. The van der Waals surface area contributed by atoms with Crippen LogP contribution >= 0.6 is 0 Å². The monoisotopic (exact) mass is 421 g/mol. The van der Waals surface area contributed by atoms with Gasteiger partial charge in [0.15, 0.2) is 0 Å². The zero-order valence-corrected chi connectivity index (χ0v) is 17.3. The van der Waals surface area contributed by atoms with Gasteiger partial charge in [-0.15, -0.1) is 0 Å². The van der Waals surface area contributed by atoms with Crippen molar-refractivity contribution in [1.82, 2.24) is 19.5 Å². The number of nitrogens with zero attached hydrogens (tertiary/aromatic N) is 5. The van der Waals surface area contributed by atoms with Crippen molar-refractivity contribution >= 4 is 33.6 Å². The summed E-state index contributed by atoms with van der Waals surface area (Å²) in [5, 5.41) is 14.4. The number of fused-ring (bicyclic) bond motifs is 2. The molecule has 0 atom stereocenters. The van der Waals surface area contributed by atoms with Crippen LogP contribution in [0, 0.1) is 11.3 Å². The molecule has 0 radical (unpaired) electrons. The summed E-state index contributed by atoms with van der Waals surface area (Å²) in [6.07, 6.45) is 3.30. The predicted octanol–water partition coefficient (Wildman–Crippen LogP) is 4.04. The SMILES string of the molecule is CNc1ccc2ccc(OCc3cc(C#N)cc(-n4ccc5c(N)ncnc54)c3)cc2n1. The molecule has 0 aliphatic carbocycles. The maximum Gasteiger partial charge on any atom is 0.150 e. The highest BCUT2D eigenvalue weighted by molar-refractivity contribution is 5.87. The van der Waals surface area contributed by atoms with E-state index in [-0.39, 0.29) is 0 Å². The average molecular weight is 421 g/mol. The highest BCUT2D eigenvalue weighted by atomic mass is 16.5. The van der Waals surface area contributed by atoms with E-state index in [2.05, 4.69) is 26.3 Å². The number of hydrogen-bond donors (Lipinski definition) is 2. The van der Waals surface area contributed by atoms with Crippen LogP contribution in [0.5, 0.6) is 5.75 Å². The molecule has 0 unspecified atom stereocenters. The molecule has 0 spiro atoms. The van der Waals surface area contributed by atoms with Gasteiger partial charge in [0, 0.05) is 30.4 Å². The van der Waals surface area contributed by atoms with E-state index >= 15 is 0 Å². The second-order valence-corrected chi connectivity index (χ2v) is 7.27. The van der Waals surface area contributed by atoms with Crippen LogP contribution in [0.25, 0.3) is 27.6 Å². The summed E-state index contributed by atoms with van der Waals surface area (Å²) in [6.45, 7) is 0.302. The maximum absolute atomic E-state index is 9.53. The predicted molar refractivity (Wildman–Crippen MR) is 124 cm³/mol. The molecule has 5 rings (SSSR count). The Balaban J connectivity index is 1.46. The highest BCUT2D eigenvalue weighted by Crippen LogP contribution is 2.25. The molecular weight excluding hydrogens is 402 g/mol. The van der Waals surface area contributed by atoms with Crippen molar-refractivity contribution in [2.45, 2.75) is 6.61 Å². The van der Waals surface area contributed by atoms with Crippen molar-refractivity contribution in [1.29, 1.82) is 5.26 Å². The van der Waals surface area contributed by atoms with Crippen molar-refractivity contribution in [3.8, 4) is 17.5 Å². The Kier molecular flexibility index (Phi) is 4.76. The molecule has 3 N–H and O–H groups in total. The van der Waals surface area contributed by atoms with Crippen molar-refractivity contribution in [2.75, 3.05) is 18.1 Å². The molecule has 8 heteroatoms. The molecule has 8 nitrogen and oxygen atoms in total. The summed E-state index contributed by atoms with van der Waals surface area (Å²) in [6, 6.07) is 19.4. The van der Waals surface area contributed by atoms with Crippen molar-refractivity contribution in [3.05, 3.63) is 78.2 Å². The molecule has 5 aromatic rings. The first-order chi connectivity index (χ1) is 15.6. The van der Waals surface area contributed by atoms with Gasteiger partial charge in [0.2, 0.25) is 0 Å². The normalized spacial score (nSPS) is 10.9. The Morgan fingerprint density at radius 3 is 2.81 bits per heavy atom. The molecule has 0 aliphatic heterocycles. The van der Waals surface area contributed by atoms with E-state index in [1.165, 1.54) is 6.33 Å². The summed E-state index contributed by atoms with van der Waals surface area (Å²) in [4.78, 5) is 12.9. The van der Waals surface area contributed by atoms with Gasteiger partial charge in [0.25, 0.3) is 0 Å². The van der Waals surface area contributed by atoms with Crippen LogP contribution in [0.3, 0.4) is 0 Å². The van der Waals surface area contributed by atoms with E-state index in [4.69, 9.17) is 10.5 Å². The third-order valence-corrected chi connectivity index (χ3v) is 5.22. The van der Waals surface area contributed by atoms with Gasteiger partial charge < -0.3 is 20.4 Å². The van der Waals surface area contributed by atoms with Crippen molar-refractivity contribution in [3.63, 3.8) is 0 Å². The largest absolute Gasteiger partial charge is 0.489 e. The number of nitrogens with two attached hydrogens (primary N) is 1. The molecule has 0 saturated carbocycles. The number of nitriles is 1. The Bertz CT molecular complexity index is 1500. The number of hydrogen-bond acceptors (Lipinski definition) is 7. The quantitative estimate of drug-likeness (QED) is 0.440. The van der Waals surface area contributed by atoms with E-state index in [0.717, 1.165) is 33.4 Å². The van der Waals surface area contributed by atoms with Gasteiger partial charge in [-0.05, 0) is 54.1 Å². The lowest BCUT2D eigenvalue weighted by atomic mass is 10.1. The number of nitrogen functional groups attached to an aromatic ring is 1. The number of ether oxygens (including phenoxy) is 1. The Labute approximate surface area is 183 Å². The molecule has 156 valence electrons. The smallest absolute Gasteiger partial charge is 0.150 e. The lowest BCUT2D eigenvalue weighted by Gasteiger charge is -2.11. The Morgan fingerprint density at radius 1 is 1.09 bits per heavy atom. The van der Waals surface area contributed by atoms with Gasteiger partial charge in [-0.25, -0.2) is 15.0 Å². The summed E-state index contributed by atoms with van der Waals surface area (Å²) in [5.41, 5.74) is 9.68. The number of rotatable bonds is 5. The van der Waals surface area contributed by atoms with Crippen LogP contribution < -0.4 is 15.8 Å². The van der Waals surface area contributed by atoms with Crippen LogP contribution in [-0.2, 0) is 6.61 Å². The maximum atomic E-state index is 9.53. The first-order valence-electron chi connectivity index (χ1n) is 9.98. The molecule has 0 amide bonds. The number of anilines is 2. The minimum absolute atomic E-state index is 0.302. The van der Waals surface area contributed by atoms with E-state index in [1.54, 1.807) is 6.07 Å². The van der Waals surface area contributed by atoms with E-state index in [9.17, 15) is 5.26 Å². The van der Waals surface area contributed by atoms with Crippen LogP contribution in [0.2, 0.25) is 0 Å². The van der Waals surface area contributed by atoms with E-state index in [0.29, 0.717) is 29.4 Å². The van der Waals surface area contributed by atoms with Gasteiger partial charge in [-0.1, -0.05) is 0 Å². The third kappa shape index (κ3) is 3.52. The summed E-state index contributed by atoms with van der Waals surface area (Å²) >= 11 is 0. The molecule has 0 aliphatic rings. The molecular formula is C24H19N7O. The minimum atomic E-state index is 0.302. The molecule has 0 bridgehead atoms. The fourth-order valence-corrected chi connectivity index (χ4v) is 3.63. The molecule has 3 heterocycles. The van der Waals surface area contributed by atoms with Gasteiger partial charge in [-0.2, -0.15) is 5.26 Å². The van der Waals surface area contributed by atoms with Gasteiger partial charge in [-0.3, -0.25) is 0 Å². The van der Waals surface area contributed by atoms with Crippen molar-refractivity contribution < 1.29 is 4.74 Å². The highest BCUT2D eigenvalue weighted by Gasteiger charge is 2.10. The van der Waals surface area contributed by atoms with E-state index in [1.807, 2.05) is 66.3 Å². The summed E-state index contributed by atoms with van der Waals surface area (Å²) in [7, 11) is 1.84. The average Bonchev–Trinajstić information content (AvgIpc) is 3.27. The third-order valence-electron chi connectivity index (χ3n) is 5.22. The molecule has 32 heavy (non-hydrogen) atoms. The number of nitrogens with one attached hydrogen (secondary N) is 1. The van der Waals surface area contributed by atoms with Crippen LogP contribution in [0.15, 0.2) is 67.1 Å². The van der Waals surface area contributed by atoms with Gasteiger partial charge in [0.05, 0.1) is 22.5 Å². The minimum Gasteiger partial charge on any atom is -0.489 e. The fraction of sp³-hybridized carbons (Fsp3) is 0.0833. The second-order valence-electron chi connectivity index (χ2n) is 7.27. The molecule has 2 aromatic carbocycles. The second kappa shape index (κ2) is 7.89. The lowest BCUT2D eigenvalue weighted by Crippen LogP contribution is -2.01. The van der Waals surface area contributed by atoms with Gasteiger partial charge in [0.1, 0.15) is 36.0 Å². The van der Waals surface area contributed by atoms with Gasteiger partial charge >= 0.3 is 0 Å². The number of pyridine rings is 1. The molecule has 3 aromatic heterocycles. The van der Waals surface area contributed by atoms with Crippen LogP contribution in [0.1, 0.15) is 11.1 Å². The zero-order chi connectivity index (χ0) is 22.1. The zero-order valence-electron chi connectivity index (χ0n) is 17.3. The summed E-state index contributed by atoms with van der Waals surface area (Å²) in [5.74, 6) is 1.92. The topological polar surface area (TPSA) is 115 Å². The Morgan fingerprint density at radius 2 is 1.97 bits per heavy atom. The van der Waals surface area contributed by atoms with Crippen molar-refractivity contribution in [2.24, 2.45) is 0 Å². The molecule has 0 saturated heterocycles. The molecule has 0 fully saturated rings. The van der Waals surface area contributed by atoms with Crippen LogP contribution in [-0.4, -0.2) is 26.6 Å². The number of benzene rings is 2.